The van der Waals surface area contributed by atoms with Crippen molar-refractivity contribution in [3.8, 4) is 11.3 Å². The Hall–Kier alpha value is -2.59. The first-order valence-corrected chi connectivity index (χ1v) is 9.00. The van der Waals surface area contributed by atoms with E-state index in [2.05, 4.69) is 71.1 Å². The summed E-state index contributed by atoms with van der Waals surface area (Å²) < 4.78 is 0. The predicted molar refractivity (Wildman–Crippen MR) is 103 cm³/mol. The minimum atomic E-state index is 0.342. The van der Waals surface area contributed by atoms with Gasteiger partial charge in [-0.05, 0) is 25.0 Å². The number of aromatic amines is 1. The normalized spacial score (nSPS) is 12.4. The van der Waals surface area contributed by atoms with E-state index in [9.17, 15) is 0 Å². The zero-order chi connectivity index (χ0) is 16.4. The smallest absolute Gasteiger partial charge is 0.183 e. The van der Waals surface area contributed by atoms with Crippen LogP contribution in [0, 0.1) is 0 Å². The molecule has 4 aromatic rings. The maximum atomic E-state index is 4.77. The molecule has 2 aromatic heterocycles. The van der Waals surface area contributed by atoms with Crippen LogP contribution in [0.4, 0.5) is 5.13 Å². The average Bonchev–Trinajstić information content (AvgIpc) is 3.22. The van der Waals surface area contributed by atoms with Gasteiger partial charge in [-0.2, -0.15) is 0 Å². The molecule has 4 heteroatoms. The van der Waals surface area contributed by atoms with E-state index in [4.69, 9.17) is 4.98 Å². The molecule has 0 aliphatic rings. The molecule has 0 aliphatic heterocycles. The van der Waals surface area contributed by atoms with Crippen molar-refractivity contribution in [1.82, 2.24) is 9.97 Å². The van der Waals surface area contributed by atoms with Crippen LogP contribution in [-0.4, -0.2) is 16.0 Å². The van der Waals surface area contributed by atoms with Gasteiger partial charge in [0.1, 0.15) is 0 Å². The molecule has 0 aliphatic carbocycles. The van der Waals surface area contributed by atoms with Crippen molar-refractivity contribution in [3.63, 3.8) is 0 Å². The van der Waals surface area contributed by atoms with Gasteiger partial charge in [0, 0.05) is 34.1 Å². The second kappa shape index (κ2) is 6.49. The van der Waals surface area contributed by atoms with Crippen molar-refractivity contribution < 1.29 is 0 Å². The quantitative estimate of drug-likeness (QED) is 0.518. The number of nitrogens with zero attached hydrogens (tertiary/aromatic N) is 1. The lowest BCUT2D eigenvalue weighted by Gasteiger charge is -2.12. The Morgan fingerprint density at radius 1 is 1.08 bits per heavy atom. The highest BCUT2D eigenvalue weighted by Gasteiger charge is 2.11. The molecule has 2 aromatic carbocycles. The summed E-state index contributed by atoms with van der Waals surface area (Å²) in [5, 5.41) is 7.82. The van der Waals surface area contributed by atoms with Gasteiger partial charge in [-0.1, -0.05) is 48.5 Å². The molecular formula is C20H19N3S. The van der Waals surface area contributed by atoms with Gasteiger partial charge in [0.2, 0.25) is 0 Å². The zero-order valence-corrected chi connectivity index (χ0v) is 14.3. The fourth-order valence-electron chi connectivity index (χ4n) is 2.98. The first kappa shape index (κ1) is 15.0. The summed E-state index contributed by atoms with van der Waals surface area (Å²) >= 11 is 1.66. The Kier molecular flexibility index (Phi) is 4.05. The lowest BCUT2D eigenvalue weighted by molar-refractivity contribution is 0.789. The SMILES string of the molecule is C[C@@H](Cc1ccccc1)Nc1nc(-c2c[nH]c3ccccc23)cs1. The third-order valence-electron chi connectivity index (χ3n) is 4.12. The largest absolute Gasteiger partial charge is 0.360 e. The Morgan fingerprint density at radius 3 is 2.75 bits per heavy atom. The molecule has 0 saturated carbocycles. The molecule has 3 nitrogen and oxygen atoms in total. The third kappa shape index (κ3) is 3.05. The Morgan fingerprint density at radius 2 is 1.88 bits per heavy atom. The first-order valence-electron chi connectivity index (χ1n) is 8.12. The fourth-order valence-corrected chi connectivity index (χ4v) is 3.80. The van der Waals surface area contributed by atoms with E-state index in [1.807, 2.05) is 12.3 Å². The summed E-state index contributed by atoms with van der Waals surface area (Å²) in [6.07, 6.45) is 3.03. The number of aromatic nitrogens is 2. The zero-order valence-electron chi connectivity index (χ0n) is 13.5. The Bertz CT molecular complexity index is 940. The molecule has 4 rings (SSSR count). The predicted octanol–water partition coefficient (Wildman–Crippen LogP) is 5.33. The number of anilines is 1. The monoisotopic (exact) mass is 333 g/mol. The molecule has 24 heavy (non-hydrogen) atoms. The van der Waals surface area contributed by atoms with Crippen molar-refractivity contribution in [2.75, 3.05) is 5.32 Å². The van der Waals surface area contributed by atoms with Crippen molar-refractivity contribution in [3.05, 3.63) is 71.7 Å². The van der Waals surface area contributed by atoms with Gasteiger partial charge >= 0.3 is 0 Å². The van der Waals surface area contributed by atoms with E-state index in [1.54, 1.807) is 11.3 Å². The minimum absolute atomic E-state index is 0.342. The second-order valence-corrected chi connectivity index (χ2v) is 6.88. The molecule has 0 bridgehead atoms. The molecular weight excluding hydrogens is 314 g/mol. The molecule has 0 radical (unpaired) electrons. The van der Waals surface area contributed by atoms with Crippen LogP contribution in [0.15, 0.2) is 66.2 Å². The number of hydrogen-bond acceptors (Lipinski definition) is 3. The van der Waals surface area contributed by atoms with Gasteiger partial charge in [0.05, 0.1) is 5.69 Å². The van der Waals surface area contributed by atoms with Crippen molar-refractivity contribution >= 4 is 27.4 Å². The third-order valence-corrected chi connectivity index (χ3v) is 4.90. The number of H-pyrrole nitrogens is 1. The van der Waals surface area contributed by atoms with Crippen LogP contribution in [0.2, 0.25) is 0 Å². The number of nitrogens with one attached hydrogen (secondary N) is 2. The molecule has 0 saturated heterocycles. The topological polar surface area (TPSA) is 40.7 Å². The number of fused-ring (bicyclic) bond motifs is 1. The maximum Gasteiger partial charge on any atom is 0.183 e. The average molecular weight is 333 g/mol. The van der Waals surface area contributed by atoms with E-state index < -0.39 is 0 Å². The second-order valence-electron chi connectivity index (χ2n) is 6.02. The van der Waals surface area contributed by atoms with Crippen LogP contribution in [0.3, 0.4) is 0 Å². The van der Waals surface area contributed by atoms with Crippen molar-refractivity contribution in [1.29, 1.82) is 0 Å². The van der Waals surface area contributed by atoms with Gasteiger partial charge in [-0.15, -0.1) is 11.3 Å². The van der Waals surface area contributed by atoms with Crippen LogP contribution in [0.5, 0.6) is 0 Å². The van der Waals surface area contributed by atoms with E-state index in [1.165, 1.54) is 10.9 Å². The summed E-state index contributed by atoms with van der Waals surface area (Å²) in [6.45, 7) is 2.19. The molecule has 2 heterocycles. The van der Waals surface area contributed by atoms with E-state index >= 15 is 0 Å². The summed E-state index contributed by atoms with van der Waals surface area (Å²) in [5.41, 5.74) is 4.66. The first-order chi connectivity index (χ1) is 11.8. The molecule has 120 valence electrons. The number of thiazole rings is 1. The van der Waals surface area contributed by atoms with Gasteiger partial charge in [-0.3, -0.25) is 0 Å². The minimum Gasteiger partial charge on any atom is -0.360 e. The van der Waals surface area contributed by atoms with Gasteiger partial charge in [0.15, 0.2) is 5.13 Å². The van der Waals surface area contributed by atoms with Gasteiger partial charge < -0.3 is 10.3 Å². The van der Waals surface area contributed by atoms with E-state index in [-0.39, 0.29) is 0 Å². The Balaban J connectivity index is 1.50. The fraction of sp³-hybridized carbons (Fsp3) is 0.150. The maximum absolute atomic E-state index is 4.77. The van der Waals surface area contributed by atoms with Gasteiger partial charge in [0.25, 0.3) is 0 Å². The van der Waals surface area contributed by atoms with Gasteiger partial charge in [-0.25, -0.2) is 4.98 Å². The molecule has 0 spiro atoms. The number of rotatable bonds is 5. The number of benzene rings is 2. The van der Waals surface area contributed by atoms with Crippen molar-refractivity contribution in [2.24, 2.45) is 0 Å². The lowest BCUT2D eigenvalue weighted by Crippen LogP contribution is -2.17. The van der Waals surface area contributed by atoms with Crippen LogP contribution >= 0.6 is 11.3 Å². The highest BCUT2D eigenvalue weighted by Crippen LogP contribution is 2.31. The van der Waals surface area contributed by atoms with Crippen molar-refractivity contribution in [2.45, 2.75) is 19.4 Å². The molecule has 1 atom stereocenters. The number of hydrogen-bond donors (Lipinski definition) is 2. The van der Waals surface area contributed by atoms with Crippen LogP contribution < -0.4 is 5.32 Å². The summed E-state index contributed by atoms with van der Waals surface area (Å²) in [5.74, 6) is 0. The lowest BCUT2D eigenvalue weighted by atomic mass is 10.1. The summed E-state index contributed by atoms with van der Waals surface area (Å²) in [6, 6.07) is 19.2. The molecule has 0 unspecified atom stereocenters. The highest BCUT2D eigenvalue weighted by atomic mass is 32.1. The summed E-state index contributed by atoms with van der Waals surface area (Å²) in [4.78, 5) is 8.09. The number of para-hydroxylation sites is 1. The van der Waals surface area contributed by atoms with E-state index in [0.717, 1.165) is 28.3 Å². The Labute approximate surface area is 145 Å². The standard InChI is InChI=1S/C20H19N3S/c1-14(11-15-7-3-2-4-8-15)22-20-23-19(13-24-20)17-12-21-18-10-6-5-9-16(17)18/h2-10,12-14,21H,11H2,1H3,(H,22,23)/t14-/m0/s1. The van der Waals surface area contributed by atoms with E-state index in [0.29, 0.717) is 6.04 Å². The molecule has 2 N–H and O–H groups in total. The molecule has 0 fully saturated rings. The van der Waals surface area contributed by atoms with Crippen LogP contribution in [0.1, 0.15) is 12.5 Å². The molecule has 0 amide bonds. The summed E-state index contributed by atoms with van der Waals surface area (Å²) in [7, 11) is 0. The highest BCUT2D eigenvalue weighted by molar-refractivity contribution is 7.14. The van der Waals surface area contributed by atoms with Crippen LogP contribution in [0.25, 0.3) is 22.2 Å². The van der Waals surface area contributed by atoms with Crippen LogP contribution in [-0.2, 0) is 6.42 Å².